The summed E-state index contributed by atoms with van der Waals surface area (Å²) in [5.74, 6) is 0.103. The lowest BCUT2D eigenvalue weighted by atomic mass is 9.92. The van der Waals surface area contributed by atoms with Gasteiger partial charge in [0, 0.05) is 50.1 Å². The fourth-order valence-electron chi connectivity index (χ4n) is 5.39. The number of halogens is 1. The molecule has 1 atom stereocenters. The molecule has 0 unspecified atom stereocenters. The number of nitrogens with zero attached hydrogens (tertiary/aromatic N) is 3. The molecule has 5 rings (SSSR count). The predicted octanol–water partition coefficient (Wildman–Crippen LogP) is 3.23. The Morgan fingerprint density at radius 3 is 2.77 bits per heavy atom. The van der Waals surface area contributed by atoms with Crippen molar-refractivity contribution in [1.29, 1.82) is 0 Å². The largest absolute Gasteiger partial charge is 0.338 e. The van der Waals surface area contributed by atoms with Crippen molar-refractivity contribution in [2.45, 2.75) is 63.5 Å². The summed E-state index contributed by atoms with van der Waals surface area (Å²) >= 11 is 0. The van der Waals surface area contributed by atoms with E-state index in [4.69, 9.17) is 4.98 Å². The number of H-pyrrole nitrogens is 1. The minimum Gasteiger partial charge on any atom is -0.338 e. The molecule has 0 spiro atoms. The topological polar surface area (TPSA) is 69.3 Å². The quantitative estimate of drug-likeness (QED) is 0.821. The zero-order valence-corrected chi connectivity index (χ0v) is 17.8. The third kappa shape index (κ3) is 4.15. The number of hydrogen-bond acceptors (Lipinski definition) is 4. The van der Waals surface area contributed by atoms with E-state index in [9.17, 15) is 14.0 Å². The zero-order valence-electron chi connectivity index (χ0n) is 17.8. The molecular formula is C24H29FN4O2. The van der Waals surface area contributed by atoms with Crippen molar-refractivity contribution in [3.63, 3.8) is 0 Å². The average Bonchev–Trinajstić information content (AvgIpc) is 3.29. The Labute approximate surface area is 181 Å². The van der Waals surface area contributed by atoms with Crippen LogP contribution in [-0.4, -0.2) is 51.4 Å². The van der Waals surface area contributed by atoms with Gasteiger partial charge in [-0.2, -0.15) is 0 Å². The number of benzene rings is 1. The lowest BCUT2D eigenvalue weighted by Crippen LogP contribution is -2.43. The van der Waals surface area contributed by atoms with Crippen molar-refractivity contribution in [1.82, 2.24) is 19.8 Å². The molecule has 1 amide bonds. The first-order chi connectivity index (χ1) is 15.1. The van der Waals surface area contributed by atoms with Gasteiger partial charge in [-0.05, 0) is 37.5 Å². The Morgan fingerprint density at radius 2 is 1.97 bits per heavy atom. The van der Waals surface area contributed by atoms with Crippen LogP contribution in [0, 0.1) is 5.82 Å². The summed E-state index contributed by atoms with van der Waals surface area (Å²) in [7, 11) is 0. The van der Waals surface area contributed by atoms with Crippen molar-refractivity contribution in [3.8, 4) is 0 Å². The Balaban J connectivity index is 1.29. The summed E-state index contributed by atoms with van der Waals surface area (Å²) in [6.07, 6.45) is 7.92. The maximum Gasteiger partial charge on any atom is 0.255 e. The number of carbonyl (C=O) groups is 1. The summed E-state index contributed by atoms with van der Waals surface area (Å²) in [6, 6.07) is 6.39. The molecule has 1 saturated carbocycles. The van der Waals surface area contributed by atoms with Gasteiger partial charge in [-0.25, -0.2) is 9.37 Å². The monoisotopic (exact) mass is 424 g/mol. The maximum atomic E-state index is 13.5. The minimum absolute atomic E-state index is 0.00637. The van der Waals surface area contributed by atoms with Gasteiger partial charge in [-0.15, -0.1) is 0 Å². The van der Waals surface area contributed by atoms with Gasteiger partial charge in [0.25, 0.3) is 11.5 Å². The Bertz CT molecular complexity index is 1030. The molecule has 1 saturated heterocycles. The van der Waals surface area contributed by atoms with E-state index >= 15 is 0 Å². The van der Waals surface area contributed by atoms with Gasteiger partial charge in [0.1, 0.15) is 11.6 Å². The first-order valence-corrected chi connectivity index (χ1v) is 11.5. The maximum absolute atomic E-state index is 13.5. The number of nitrogens with one attached hydrogen (secondary N) is 1. The lowest BCUT2D eigenvalue weighted by Gasteiger charge is -2.37. The normalized spacial score (nSPS) is 22.5. The molecule has 1 N–H and O–H groups in total. The van der Waals surface area contributed by atoms with E-state index in [1.165, 1.54) is 44.2 Å². The summed E-state index contributed by atoms with van der Waals surface area (Å²) < 4.78 is 13.5. The highest BCUT2D eigenvalue weighted by molar-refractivity contribution is 5.94. The minimum atomic E-state index is -0.412. The number of hydrogen-bond donors (Lipinski definition) is 1. The van der Waals surface area contributed by atoms with Gasteiger partial charge in [0.2, 0.25) is 0 Å². The summed E-state index contributed by atoms with van der Waals surface area (Å²) in [5, 5.41) is 0. The summed E-state index contributed by atoms with van der Waals surface area (Å²) in [6.45, 7) is 2.72. The second-order valence-electron chi connectivity index (χ2n) is 9.14. The van der Waals surface area contributed by atoms with E-state index in [0.29, 0.717) is 37.1 Å². The van der Waals surface area contributed by atoms with Gasteiger partial charge >= 0.3 is 0 Å². The van der Waals surface area contributed by atoms with Gasteiger partial charge in [0.05, 0.1) is 11.3 Å². The molecule has 164 valence electrons. The van der Waals surface area contributed by atoms with Crippen LogP contribution in [0.2, 0.25) is 0 Å². The number of aromatic nitrogens is 2. The number of likely N-dealkylation sites (tertiary alicyclic amines) is 1. The highest BCUT2D eigenvalue weighted by atomic mass is 19.1. The van der Waals surface area contributed by atoms with E-state index < -0.39 is 5.82 Å². The van der Waals surface area contributed by atoms with E-state index in [1.807, 2.05) is 0 Å². The van der Waals surface area contributed by atoms with Crippen LogP contribution in [0.3, 0.4) is 0 Å². The number of rotatable bonds is 3. The smallest absolute Gasteiger partial charge is 0.255 e. The highest BCUT2D eigenvalue weighted by Crippen LogP contribution is 2.29. The molecule has 2 fully saturated rings. The van der Waals surface area contributed by atoms with Crippen molar-refractivity contribution in [3.05, 3.63) is 63.1 Å². The molecule has 2 aliphatic heterocycles. The van der Waals surface area contributed by atoms with Crippen LogP contribution >= 0.6 is 0 Å². The van der Waals surface area contributed by atoms with Gasteiger partial charge in [0.15, 0.2) is 0 Å². The average molecular weight is 425 g/mol. The van der Waals surface area contributed by atoms with E-state index in [-0.39, 0.29) is 17.4 Å². The first-order valence-electron chi connectivity index (χ1n) is 11.5. The molecule has 6 nitrogen and oxygen atoms in total. The molecule has 31 heavy (non-hydrogen) atoms. The third-order valence-electron chi connectivity index (χ3n) is 7.14. The number of fused-ring (bicyclic) bond motifs is 1. The van der Waals surface area contributed by atoms with Crippen LogP contribution in [0.1, 0.15) is 71.9 Å². The number of aromatic amines is 1. The second kappa shape index (κ2) is 8.54. The molecule has 0 bridgehead atoms. The van der Waals surface area contributed by atoms with Crippen molar-refractivity contribution in [2.24, 2.45) is 0 Å². The predicted molar refractivity (Wildman–Crippen MR) is 116 cm³/mol. The summed E-state index contributed by atoms with van der Waals surface area (Å²) in [4.78, 5) is 37.7. The van der Waals surface area contributed by atoms with Gasteiger partial charge < -0.3 is 9.88 Å². The van der Waals surface area contributed by atoms with E-state index in [0.717, 1.165) is 30.6 Å². The van der Waals surface area contributed by atoms with Crippen LogP contribution in [-0.2, 0) is 13.0 Å². The van der Waals surface area contributed by atoms with Crippen molar-refractivity contribution >= 4 is 5.91 Å². The highest BCUT2D eigenvalue weighted by Gasteiger charge is 2.32. The van der Waals surface area contributed by atoms with Gasteiger partial charge in [-0.1, -0.05) is 25.3 Å². The molecule has 7 heteroatoms. The van der Waals surface area contributed by atoms with Crippen LogP contribution < -0.4 is 5.56 Å². The lowest BCUT2D eigenvalue weighted by molar-refractivity contribution is 0.0790. The third-order valence-corrected chi connectivity index (χ3v) is 7.14. The summed E-state index contributed by atoms with van der Waals surface area (Å²) in [5.41, 5.74) is 2.05. The standard InChI is InChI=1S/C24H29FN4O2/c25-18-6-4-5-16(13-18)24(31)29-11-9-17(14-29)22-26-21-10-12-28(15-20(21)23(30)27-22)19-7-2-1-3-8-19/h4-6,13,17,19H,1-3,7-12,14-15H2,(H,26,27,30)/t17-/m1/s1. The van der Waals surface area contributed by atoms with Crippen molar-refractivity contribution < 1.29 is 9.18 Å². The Morgan fingerprint density at radius 1 is 1.13 bits per heavy atom. The SMILES string of the molecule is O=C(c1cccc(F)c1)N1CC[C@@H](c2nc3c(c(=O)[nH]2)CN(C2CCCCC2)CC3)C1. The second-order valence-corrected chi connectivity index (χ2v) is 9.14. The van der Waals surface area contributed by atoms with Crippen LogP contribution in [0.15, 0.2) is 29.1 Å². The first kappa shape index (κ1) is 20.4. The molecule has 1 aromatic carbocycles. The van der Waals surface area contributed by atoms with Gasteiger partial charge in [-0.3, -0.25) is 14.5 Å². The molecule has 1 aliphatic carbocycles. The Hall–Kier alpha value is -2.54. The van der Waals surface area contributed by atoms with Crippen LogP contribution in [0.25, 0.3) is 0 Å². The molecular weight excluding hydrogens is 395 g/mol. The number of carbonyl (C=O) groups excluding carboxylic acids is 1. The van der Waals surface area contributed by atoms with E-state index in [2.05, 4.69) is 9.88 Å². The molecule has 0 radical (unpaired) electrons. The molecule has 1 aromatic heterocycles. The molecule has 3 heterocycles. The van der Waals surface area contributed by atoms with E-state index in [1.54, 1.807) is 17.0 Å². The molecule has 2 aromatic rings. The fourth-order valence-corrected chi connectivity index (χ4v) is 5.39. The Kier molecular flexibility index (Phi) is 5.61. The molecule has 3 aliphatic rings. The van der Waals surface area contributed by atoms with Crippen LogP contribution in [0.4, 0.5) is 4.39 Å². The number of amides is 1. The zero-order chi connectivity index (χ0) is 21.4. The van der Waals surface area contributed by atoms with Crippen LogP contribution in [0.5, 0.6) is 0 Å². The fraction of sp³-hybridized carbons (Fsp3) is 0.542. The van der Waals surface area contributed by atoms with Crippen molar-refractivity contribution in [2.75, 3.05) is 19.6 Å².